The van der Waals surface area contributed by atoms with E-state index in [0.29, 0.717) is 35.4 Å². The molecule has 1 saturated carbocycles. The maximum atomic E-state index is 15.2. The monoisotopic (exact) mass is 785 g/mol. The SMILES string of the molecule is O=C1C(c2ccccc2)=CC(=O)C2(c3ccccc3)C1CC1C(=CCC3C(=O)N(c4ccc(I)cc4)C(=O)C31)C2C1=COc2ccc(O)cc2C1. The number of fused-ring (bicyclic) bond motifs is 5. The number of amides is 2. The van der Waals surface area contributed by atoms with Crippen molar-refractivity contribution in [1.82, 2.24) is 0 Å². The topological polar surface area (TPSA) is 101 Å². The van der Waals surface area contributed by atoms with Crippen LogP contribution < -0.4 is 9.64 Å². The zero-order valence-corrected chi connectivity index (χ0v) is 29.5. The average Bonchev–Trinajstić information content (AvgIpc) is 3.41. The van der Waals surface area contributed by atoms with E-state index in [9.17, 15) is 14.7 Å². The Morgan fingerprint density at radius 1 is 0.824 bits per heavy atom. The van der Waals surface area contributed by atoms with Crippen molar-refractivity contribution < 1.29 is 29.0 Å². The first-order valence-corrected chi connectivity index (χ1v) is 18.3. The molecule has 252 valence electrons. The van der Waals surface area contributed by atoms with Crippen molar-refractivity contribution in [3.05, 3.63) is 153 Å². The molecule has 6 unspecified atom stereocenters. The number of aromatic hydroxyl groups is 1. The largest absolute Gasteiger partial charge is 0.508 e. The molecule has 1 saturated heterocycles. The number of allylic oxidation sites excluding steroid dienone is 5. The van der Waals surface area contributed by atoms with E-state index in [1.165, 1.54) is 11.0 Å². The number of Topliss-reactive ketones (excluding diaryl/α,β-unsaturated/α-hetero) is 1. The molecular weight excluding hydrogens is 753 g/mol. The number of carbonyl (C=O) groups excluding carboxylic acids is 4. The van der Waals surface area contributed by atoms with Gasteiger partial charge in [0.1, 0.15) is 11.5 Å². The highest BCUT2D eigenvalue weighted by molar-refractivity contribution is 14.1. The Balaban J connectivity index is 1.25. The Morgan fingerprint density at radius 3 is 2.29 bits per heavy atom. The van der Waals surface area contributed by atoms with Gasteiger partial charge in [0.05, 0.1) is 29.2 Å². The molecule has 0 spiro atoms. The van der Waals surface area contributed by atoms with Gasteiger partial charge in [-0.2, -0.15) is 0 Å². The van der Waals surface area contributed by atoms with E-state index in [4.69, 9.17) is 4.74 Å². The highest BCUT2D eigenvalue weighted by atomic mass is 127. The maximum absolute atomic E-state index is 15.2. The number of benzene rings is 4. The normalized spacial score (nSPS) is 28.1. The van der Waals surface area contributed by atoms with Gasteiger partial charge in [-0.1, -0.05) is 72.3 Å². The number of phenolic OH excluding ortho intramolecular Hbond substituents is 1. The highest BCUT2D eigenvalue weighted by Gasteiger charge is 2.66. The summed E-state index contributed by atoms with van der Waals surface area (Å²) in [5, 5.41) is 10.4. The quantitative estimate of drug-likeness (QED) is 0.132. The lowest BCUT2D eigenvalue weighted by molar-refractivity contribution is -0.136. The van der Waals surface area contributed by atoms with Crippen LogP contribution in [0.5, 0.6) is 11.5 Å². The number of imide groups is 1. The minimum Gasteiger partial charge on any atom is -0.508 e. The zero-order chi connectivity index (χ0) is 35.0. The van der Waals surface area contributed by atoms with Gasteiger partial charge in [-0.25, -0.2) is 0 Å². The van der Waals surface area contributed by atoms with Gasteiger partial charge in [0.25, 0.3) is 0 Å². The molecule has 4 aromatic rings. The van der Waals surface area contributed by atoms with Crippen molar-refractivity contribution in [3.8, 4) is 11.5 Å². The van der Waals surface area contributed by atoms with E-state index in [2.05, 4.69) is 28.7 Å². The number of nitrogens with zero attached hydrogens (tertiary/aromatic N) is 1. The Labute approximate surface area is 308 Å². The first-order chi connectivity index (χ1) is 24.8. The third-order valence-corrected chi connectivity index (χ3v) is 12.3. The highest BCUT2D eigenvalue weighted by Crippen LogP contribution is 2.63. The number of ether oxygens (including phenoxy) is 1. The zero-order valence-electron chi connectivity index (χ0n) is 27.4. The Morgan fingerprint density at radius 2 is 1.55 bits per heavy atom. The van der Waals surface area contributed by atoms with Crippen LogP contribution >= 0.6 is 22.6 Å². The summed E-state index contributed by atoms with van der Waals surface area (Å²) in [6, 6.07) is 31.1. The van der Waals surface area contributed by atoms with Crippen molar-refractivity contribution in [2.45, 2.75) is 24.7 Å². The van der Waals surface area contributed by atoms with Gasteiger partial charge in [-0.3, -0.25) is 24.1 Å². The summed E-state index contributed by atoms with van der Waals surface area (Å²) in [5.41, 5.74) is 3.36. The first-order valence-electron chi connectivity index (χ1n) is 17.2. The molecule has 7 nitrogen and oxygen atoms in total. The van der Waals surface area contributed by atoms with Crippen molar-refractivity contribution >= 4 is 57.2 Å². The minimum atomic E-state index is -1.34. The van der Waals surface area contributed by atoms with Crippen LogP contribution in [0.25, 0.3) is 5.57 Å². The van der Waals surface area contributed by atoms with Crippen LogP contribution in [0.4, 0.5) is 5.69 Å². The third kappa shape index (κ3) is 4.75. The molecule has 1 N–H and O–H groups in total. The molecule has 51 heavy (non-hydrogen) atoms. The molecule has 6 atom stereocenters. The lowest BCUT2D eigenvalue weighted by atomic mass is 9.44. The molecule has 4 aromatic carbocycles. The number of ketones is 2. The minimum absolute atomic E-state index is 0.0978. The van der Waals surface area contributed by atoms with Gasteiger partial charge in [0.2, 0.25) is 11.8 Å². The molecule has 0 aromatic heterocycles. The summed E-state index contributed by atoms with van der Waals surface area (Å²) in [6.07, 6.45) is 6.21. The molecule has 8 heteroatoms. The van der Waals surface area contributed by atoms with Crippen LogP contribution in [-0.2, 0) is 31.0 Å². The smallest absolute Gasteiger partial charge is 0.238 e. The number of rotatable bonds is 4. The van der Waals surface area contributed by atoms with Gasteiger partial charge in [0, 0.05) is 33.0 Å². The summed E-state index contributed by atoms with van der Waals surface area (Å²) in [6.45, 7) is 0. The third-order valence-electron chi connectivity index (χ3n) is 11.6. The molecule has 0 bridgehead atoms. The molecule has 9 rings (SSSR count). The molecule has 2 aliphatic heterocycles. The first kappa shape index (κ1) is 31.9. The van der Waals surface area contributed by atoms with Gasteiger partial charge in [0.15, 0.2) is 11.6 Å². The standard InChI is InChI=1S/C43H32INO6/c44-28-11-13-29(14-12-28)45-41(49)32-17-16-31-34(38(32)42(45)50)21-35-40(48)33(24-7-3-1-4-8-24)22-37(47)43(35,27-9-5-2-6-10-27)39(31)26-19-25-20-30(46)15-18-36(25)51-23-26/h1-16,18,20,22-23,32,34-35,38-39,46H,17,19,21H2. The van der Waals surface area contributed by atoms with Gasteiger partial charge in [-0.05, 0) is 107 Å². The molecule has 0 radical (unpaired) electrons. The number of hydrogen-bond donors (Lipinski definition) is 1. The second-order valence-electron chi connectivity index (χ2n) is 14.1. The van der Waals surface area contributed by atoms with Crippen LogP contribution in [0.3, 0.4) is 0 Å². The second kappa shape index (κ2) is 12.0. The molecule has 5 aliphatic rings. The Bertz CT molecular complexity index is 2240. The van der Waals surface area contributed by atoms with Crippen LogP contribution in [0.2, 0.25) is 0 Å². The van der Waals surface area contributed by atoms with Crippen molar-refractivity contribution in [3.63, 3.8) is 0 Å². The lowest BCUT2D eigenvalue weighted by Gasteiger charge is -2.56. The van der Waals surface area contributed by atoms with Crippen LogP contribution in [0.1, 0.15) is 29.5 Å². The van der Waals surface area contributed by atoms with Crippen LogP contribution in [0, 0.1) is 33.2 Å². The van der Waals surface area contributed by atoms with E-state index < -0.39 is 35.0 Å². The van der Waals surface area contributed by atoms with Crippen LogP contribution in [0.15, 0.2) is 133 Å². The van der Waals surface area contributed by atoms with E-state index in [0.717, 1.165) is 25.8 Å². The number of phenols is 1. The second-order valence-corrected chi connectivity index (χ2v) is 15.3. The Kier molecular flexibility index (Phi) is 7.50. The lowest BCUT2D eigenvalue weighted by Crippen LogP contribution is -2.60. The average molecular weight is 786 g/mol. The number of halogens is 1. The molecule has 3 aliphatic carbocycles. The molecule has 2 amide bonds. The maximum Gasteiger partial charge on any atom is 0.238 e. The predicted octanol–water partition coefficient (Wildman–Crippen LogP) is 7.38. The molecular formula is C43H32INO6. The van der Waals surface area contributed by atoms with Crippen molar-refractivity contribution in [2.24, 2.45) is 29.6 Å². The van der Waals surface area contributed by atoms with E-state index in [-0.39, 0.29) is 35.6 Å². The van der Waals surface area contributed by atoms with Crippen molar-refractivity contribution in [2.75, 3.05) is 4.90 Å². The predicted molar refractivity (Wildman–Crippen MR) is 199 cm³/mol. The van der Waals surface area contributed by atoms with Crippen LogP contribution in [-0.4, -0.2) is 28.5 Å². The summed E-state index contributed by atoms with van der Waals surface area (Å²) in [5.74, 6) is -3.37. The summed E-state index contributed by atoms with van der Waals surface area (Å²) in [4.78, 5) is 60.3. The van der Waals surface area contributed by atoms with E-state index in [1.807, 2.05) is 72.8 Å². The van der Waals surface area contributed by atoms with Gasteiger partial charge < -0.3 is 9.84 Å². The van der Waals surface area contributed by atoms with Crippen molar-refractivity contribution in [1.29, 1.82) is 0 Å². The van der Waals surface area contributed by atoms with Gasteiger partial charge in [-0.15, -0.1) is 0 Å². The fourth-order valence-corrected chi connectivity index (χ4v) is 9.89. The Hall–Kier alpha value is -5.09. The number of carbonyl (C=O) groups is 4. The number of anilines is 1. The summed E-state index contributed by atoms with van der Waals surface area (Å²) < 4.78 is 7.20. The summed E-state index contributed by atoms with van der Waals surface area (Å²) >= 11 is 2.20. The number of hydrogen-bond acceptors (Lipinski definition) is 6. The fourth-order valence-electron chi connectivity index (χ4n) is 9.53. The molecule has 2 heterocycles. The van der Waals surface area contributed by atoms with E-state index in [1.54, 1.807) is 36.6 Å². The fraction of sp³-hybridized carbons (Fsp3) is 0.209. The summed E-state index contributed by atoms with van der Waals surface area (Å²) in [7, 11) is 0. The van der Waals surface area contributed by atoms with E-state index >= 15 is 9.59 Å². The molecule has 2 fully saturated rings. The van der Waals surface area contributed by atoms with Gasteiger partial charge >= 0.3 is 0 Å².